The molecule has 0 saturated carbocycles. The van der Waals surface area contributed by atoms with Crippen molar-refractivity contribution in [3.63, 3.8) is 0 Å². The van der Waals surface area contributed by atoms with E-state index in [4.69, 9.17) is 0 Å². The van der Waals surface area contributed by atoms with Crippen molar-refractivity contribution in [2.45, 2.75) is 6.92 Å². The first kappa shape index (κ1) is 13.8. The molecule has 0 amide bonds. The number of rotatable bonds is 3. The third kappa shape index (κ3) is 2.67. The van der Waals surface area contributed by atoms with Gasteiger partial charge in [-0.15, -0.1) is 0 Å². The summed E-state index contributed by atoms with van der Waals surface area (Å²) in [4.78, 5) is 8.91. The van der Waals surface area contributed by atoms with Crippen molar-refractivity contribution in [1.82, 2.24) is 9.97 Å². The summed E-state index contributed by atoms with van der Waals surface area (Å²) in [6, 6.07) is 10.0. The molecule has 2 heterocycles. The Morgan fingerprint density at radius 1 is 1.24 bits per heavy atom. The molecular weight excluding hydrogens is 326 g/mol. The van der Waals surface area contributed by atoms with Crippen molar-refractivity contribution in [3.05, 3.63) is 64.9 Å². The first-order valence-corrected chi connectivity index (χ1v) is 7.37. The Bertz CT molecular complexity index is 827. The molecule has 3 aromatic rings. The molecule has 21 heavy (non-hydrogen) atoms. The Hall–Kier alpha value is -2.20. The maximum Gasteiger partial charge on any atom is 0.156 e. The number of nitrogens with zero attached hydrogens (tertiary/aromatic N) is 2. The first-order chi connectivity index (χ1) is 10.2. The van der Waals surface area contributed by atoms with Gasteiger partial charge in [-0.2, -0.15) is 0 Å². The van der Waals surface area contributed by atoms with Crippen LogP contribution in [0.25, 0.3) is 17.0 Å². The lowest BCUT2D eigenvalue weighted by molar-refractivity contribution is 1.28. The summed E-state index contributed by atoms with van der Waals surface area (Å²) in [5.41, 5.74) is 4.00. The second-order valence-corrected chi connectivity index (χ2v) is 5.60. The van der Waals surface area contributed by atoms with Gasteiger partial charge in [0.1, 0.15) is 5.52 Å². The van der Waals surface area contributed by atoms with Gasteiger partial charge in [0.2, 0.25) is 0 Å². The van der Waals surface area contributed by atoms with Crippen molar-refractivity contribution < 1.29 is 0 Å². The van der Waals surface area contributed by atoms with Gasteiger partial charge < -0.3 is 5.32 Å². The van der Waals surface area contributed by atoms with Gasteiger partial charge in [0.25, 0.3) is 0 Å². The number of pyridine rings is 2. The lowest BCUT2D eigenvalue weighted by Gasteiger charge is -2.11. The zero-order valence-corrected chi connectivity index (χ0v) is 13.2. The Kier molecular flexibility index (Phi) is 3.71. The van der Waals surface area contributed by atoms with Crippen LogP contribution < -0.4 is 5.32 Å². The van der Waals surface area contributed by atoms with E-state index >= 15 is 0 Å². The predicted molar refractivity (Wildman–Crippen MR) is 91.8 cm³/mol. The van der Waals surface area contributed by atoms with Crippen molar-refractivity contribution in [2.24, 2.45) is 0 Å². The van der Waals surface area contributed by atoms with E-state index in [9.17, 15) is 0 Å². The van der Waals surface area contributed by atoms with Crippen molar-refractivity contribution in [3.8, 4) is 0 Å². The molecule has 0 aliphatic heterocycles. The van der Waals surface area contributed by atoms with Gasteiger partial charge in [-0.05, 0) is 42.3 Å². The lowest BCUT2D eigenvalue weighted by atomic mass is 10.1. The quantitative estimate of drug-likeness (QED) is 0.722. The molecule has 1 N–H and O–H groups in total. The molecule has 0 saturated heterocycles. The highest BCUT2D eigenvalue weighted by atomic mass is 79.9. The van der Waals surface area contributed by atoms with Crippen molar-refractivity contribution in [1.29, 1.82) is 0 Å². The molecule has 0 bridgehead atoms. The minimum Gasteiger partial charge on any atom is -0.338 e. The fourth-order valence-corrected chi connectivity index (χ4v) is 2.52. The molecule has 0 unspecified atom stereocenters. The minimum atomic E-state index is 0.754. The SMILES string of the molecule is C=Cc1cnc2c(Nc3cccc(Br)c3C)nccc2c1. The molecule has 0 atom stereocenters. The highest BCUT2D eigenvalue weighted by molar-refractivity contribution is 9.10. The number of halogens is 1. The molecule has 104 valence electrons. The number of aromatic nitrogens is 2. The largest absolute Gasteiger partial charge is 0.338 e. The van der Waals surface area contributed by atoms with Gasteiger partial charge in [-0.1, -0.05) is 34.7 Å². The molecule has 2 aromatic heterocycles. The maximum absolute atomic E-state index is 4.49. The van der Waals surface area contributed by atoms with Gasteiger partial charge in [0.15, 0.2) is 5.82 Å². The van der Waals surface area contributed by atoms with E-state index in [0.717, 1.165) is 38.0 Å². The average molecular weight is 340 g/mol. The maximum atomic E-state index is 4.49. The molecule has 1 aromatic carbocycles. The zero-order valence-electron chi connectivity index (χ0n) is 11.6. The monoisotopic (exact) mass is 339 g/mol. The van der Waals surface area contributed by atoms with E-state index in [1.807, 2.05) is 24.3 Å². The molecule has 4 heteroatoms. The van der Waals surface area contributed by atoms with Crippen LogP contribution in [0.4, 0.5) is 11.5 Å². The number of nitrogens with one attached hydrogen (secondary N) is 1. The summed E-state index contributed by atoms with van der Waals surface area (Å²) in [6.45, 7) is 5.83. The van der Waals surface area contributed by atoms with E-state index in [1.165, 1.54) is 0 Å². The summed E-state index contributed by atoms with van der Waals surface area (Å²) in [5.74, 6) is 0.754. The molecule has 0 aliphatic rings. The van der Waals surface area contributed by atoms with E-state index in [0.29, 0.717) is 0 Å². The molecule has 0 spiro atoms. The Labute approximate surface area is 131 Å². The first-order valence-electron chi connectivity index (χ1n) is 6.58. The summed E-state index contributed by atoms with van der Waals surface area (Å²) in [5, 5.41) is 4.40. The van der Waals surface area contributed by atoms with Crippen LogP contribution >= 0.6 is 15.9 Å². The Morgan fingerprint density at radius 2 is 2.10 bits per heavy atom. The van der Waals surface area contributed by atoms with Crippen LogP contribution in [0.3, 0.4) is 0 Å². The number of anilines is 2. The molecule has 3 nitrogen and oxygen atoms in total. The van der Waals surface area contributed by atoms with Crippen LogP contribution in [0.5, 0.6) is 0 Å². The van der Waals surface area contributed by atoms with Crippen LogP contribution in [0.15, 0.2) is 53.8 Å². The van der Waals surface area contributed by atoms with Gasteiger partial charge in [-0.25, -0.2) is 4.98 Å². The predicted octanol–water partition coefficient (Wildman–Crippen LogP) is 5.09. The standard InChI is InChI=1S/C17H14BrN3/c1-3-12-9-13-7-8-19-17(16(13)20-10-12)21-15-6-4-5-14(18)11(15)2/h3-10H,1H2,2H3,(H,19,21). The zero-order chi connectivity index (χ0) is 14.8. The topological polar surface area (TPSA) is 37.8 Å². The second kappa shape index (κ2) is 5.66. The molecule has 0 radical (unpaired) electrons. The smallest absolute Gasteiger partial charge is 0.156 e. The fourth-order valence-electron chi connectivity index (χ4n) is 2.15. The highest BCUT2D eigenvalue weighted by Gasteiger charge is 2.07. The molecular formula is C17H14BrN3. The van der Waals surface area contributed by atoms with Crippen LogP contribution in [0.1, 0.15) is 11.1 Å². The van der Waals surface area contributed by atoms with Crippen LogP contribution in [-0.4, -0.2) is 9.97 Å². The van der Waals surface area contributed by atoms with Gasteiger partial charge in [0, 0.05) is 27.9 Å². The summed E-state index contributed by atoms with van der Waals surface area (Å²) >= 11 is 3.54. The summed E-state index contributed by atoms with van der Waals surface area (Å²) in [7, 11) is 0. The summed E-state index contributed by atoms with van der Waals surface area (Å²) in [6.07, 6.45) is 5.38. The summed E-state index contributed by atoms with van der Waals surface area (Å²) < 4.78 is 1.06. The van der Waals surface area contributed by atoms with Crippen LogP contribution in [0.2, 0.25) is 0 Å². The minimum absolute atomic E-state index is 0.754. The number of fused-ring (bicyclic) bond motifs is 1. The average Bonchev–Trinajstić information content (AvgIpc) is 2.51. The number of benzene rings is 1. The Balaban J connectivity index is 2.08. The lowest BCUT2D eigenvalue weighted by Crippen LogP contribution is -1.98. The van der Waals surface area contributed by atoms with Gasteiger partial charge in [0.05, 0.1) is 0 Å². The van der Waals surface area contributed by atoms with E-state index < -0.39 is 0 Å². The molecule has 3 rings (SSSR count). The van der Waals surface area contributed by atoms with Crippen LogP contribution in [0, 0.1) is 6.92 Å². The van der Waals surface area contributed by atoms with Crippen molar-refractivity contribution >= 4 is 44.4 Å². The second-order valence-electron chi connectivity index (χ2n) is 4.74. The van der Waals surface area contributed by atoms with E-state index in [1.54, 1.807) is 18.5 Å². The van der Waals surface area contributed by atoms with Gasteiger partial charge in [-0.3, -0.25) is 4.98 Å². The van der Waals surface area contributed by atoms with Crippen molar-refractivity contribution in [2.75, 3.05) is 5.32 Å². The fraction of sp³-hybridized carbons (Fsp3) is 0.0588. The van der Waals surface area contributed by atoms with Gasteiger partial charge >= 0.3 is 0 Å². The third-order valence-corrected chi connectivity index (χ3v) is 4.24. The Morgan fingerprint density at radius 3 is 2.90 bits per heavy atom. The normalized spacial score (nSPS) is 10.6. The van der Waals surface area contributed by atoms with E-state index in [-0.39, 0.29) is 0 Å². The number of hydrogen-bond acceptors (Lipinski definition) is 3. The third-order valence-electron chi connectivity index (χ3n) is 3.38. The molecule has 0 fully saturated rings. The number of hydrogen-bond donors (Lipinski definition) is 1. The van der Waals surface area contributed by atoms with E-state index in [2.05, 4.69) is 50.8 Å². The van der Waals surface area contributed by atoms with Crippen LogP contribution in [-0.2, 0) is 0 Å². The molecule has 0 aliphatic carbocycles. The highest BCUT2D eigenvalue weighted by Crippen LogP contribution is 2.28.